The average Bonchev–Trinajstić information content (AvgIpc) is 2.45. The molecule has 1 aliphatic rings. The zero-order valence-corrected chi connectivity index (χ0v) is 12.7. The zero-order valence-electron chi connectivity index (χ0n) is 12.7. The van der Waals surface area contributed by atoms with E-state index in [0.29, 0.717) is 0 Å². The van der Waals surface area contributed by atoms with Gasteiger partial charge >= 0.3 is 17.5 Å². The minimum atomic E-state index is -4.96. The van der Waals surface area contributed by atoms with Crippen LogP contribution in [0.1, 0.15) is 27.2 Å². The highest BCUT2D eigenvalue weighted by Gasteiger charge is 2.62. The van der Waals surface area contributed by atoms with Crippen LogP contribution in [0.4, 0.5) is 13.2 Å². The summed E-state index contributed by atoms with van der Waals surface area (Å²) in [6, 6.07) is 6.46. The maximum absolute atomic E-state index is 13.8. The molecule has 1 atom stereocenters. The van der Waals surface area contributed by atoms with E-state index in [4.69, 9.17) is 9.15 Å². The van der Waals surface area contributed by atoms with E-state index >= 15 is 0 Å². The lowest BCUT2D eigenvalue weighted by Crippen LogP contribution is -2.63. The Morgan fingerprint density at radius 1 is 1.08 bits per heavy atom. The van der Waals surface area contributed by atoms with Gasteiger partial charge in [-0.2, -0.15) is 13.2 Å². The Morgan fingerprint density at radius 2 is 1.71 bits per heavy atom. The number of amides is 1. The molecular formula is C16H12F3NO4. The number of fused-ring (bicyclic) bond motifs is 1. The van der Waals surface area contributed by atoms with Crippen molar-refractivity contribution in [2.45, 2.75) is 25.7 Å². The van der Waals surface area contributed by atoms with Crippen molar-refractivity contribution in [2.75, 3.05) is 0 Å². The maximum Gasteiger partial charge on any atom is 0.453 e. The van der Waals surface area contributed by atoms with Crippen LogP contribution in [-0.4, -0.2) is 12.1 Å². The van der Waals surface area contributed by atoms with Crippen molar-refractivity contribution in [1.29, 1.82) is 0 Å². The third-order valence-corrected chi connectivity index (χ3v) is 3.68. The SMILES string of the molecule is Cc1ccc(C2(C(F)(F)F)NC(=O)c3c(cc(C)oc3=O)O2)cc1. The van der Waals surface area contributed by atoms with Crippen LogP contribution in [-0.2, 0) is 5.72 Å². The second-order valence-corrected chi connectivity index (χ2v) is 5.48. The molecule has 2 aromatic rings. The molecule has 1 aliphatic heterocycles. The Balaban J connectivity index is 2.24. The summed E-state index contributed by atoms with van der Waals surface area (Å²) in [5.74, 6) is -1.64. The molecule has 3 rings (SSSR count). The molecule has 126 valence electrons. The van der Waals surface area contributed by atoms with Gasteiger partial charge < -0.3 is 14.5 Å². The quantitative estimate of drug-likeness (QED) is 0.867. The molecule has 1 unspecified atom stereocenters. The first-order chi connectivity index (χ1) is 11.1. The first-order valence-electron chi connectivity index (χ1n) is 6.94. The number of benzene rings is 1. The van der Waals surface area contributed by atoms with Crippen molar-refractivity contribution in [3.05, 3.63) is 63.2 Å². The summed E-state index contributed by atoms with van der Waals surface area (Å²) < 4.78 is 51.3. The molecular weight excluding hydrogens is 327 g/mol. The summed E-state index contributed by atoms with van der Waals surface area (Å²) in [7, 11) is 0. The van der Waals surface area contributed by atoms with E-state index in [1.54, 1.807) is 12.2 Å². The van der Waals surface area contributed by atoms with Crippen LogP contribution < -0.4 is 15.7 Å². The van der Waals surface area contributed by atoms with Crippen molar-refractivity contribution in [3.8, 4) is 5.75 Å². The minimum absolute atomic E-state index is 0.0356. The van der Waals surface area contributed by atoms with Crippen molar-refractivity contribution in [1.82, 2.24) is 5.32 Å². The third kappa shape index (κ3) is 2.34. The van der Waals surface area contributed by atoms with Gasteiger partial charge in [-0.25, -0.2) is 4.79 Å². The summed E-state index contributed by atoms with van der Waals surface area (Å²) >= 11 is 0. The predicted octanol–water partition coefficient (Wildman–Crippen LogP) is 2.79. The lowest BCUT2D eigenvalue weighted by molar-refractivity contribution is -0.265. The molecule has 0 radical (unpaired) electrons. The number of carbonyl (C=O) groups excluding carboxylic acids is 1. The van der Waals surface area contributed by atoms with E-state index in [9.17, 15) is 22.8 Å². The maximum atomic E-state index is 13.8. The first-order valence-corrected chi connectivity index (χ1v) is 6.94. The number of hydrogen-bond acceptors (Lipinski definition) is 4. The van der Waals surface area contributed by atoms with Crippen LogP contribution in [0.2, 0.25) is 0 Å². The van der Waals surface area contributed by atoms with E-state index < -0.39 is 34.7 Å². The van der Waals surface area contributed by atoms with Crippen LogP contribution in [0.15, 0.2) is 39.5 Å². The van der Waals surface area contributed by atoms with E-state index in [-0.39, 0.29) is 11.3 Å². The molecule has 0 aliphatic carbocycles. The fraction of sp³-hybridized carbons (Fsp3) is 0.250. The highest BCUT2D eigenvalue weighted by Crippen LogP contribution is 2.43. The molecule has 24 heavy (non-hydrogen) atoms. The summed E-state index contributed by atoms with van der Waals surface area (Å²) in [6.45, 7) is 3.09. The van der Waals surface area contributed by atoms with Gasteiger partial charge in [-0.1, -0.05) is 29.8 Å². The van der Waals surface area contributed by atoms with E-state index in [0.717, 1.165) is 11.6 Å². The molecule has 1 N–H and O–H groups in total. The molecule has 8 heteroatoms. The number of rotatable bonds is 1. The van der Waals surface area contributed by atoms with Gasteiger partial charge in [-0.15, -0.1) is 0 Å². The summed E-state index contributed by atoms with van der Waals surface area (Å²) in [6.07, 6.45) is -4.96. The molecule has 2 heterocycles. The molecule has 0 bridgehead atoms. The Labute approximate surface area is 134 Å². The second kappa shape index (κ2) is 5.12. The number of halogens is 3. The molecule has 1 amide bonds. The van der Waals surface area contributed by atoms with Crippen molar-refractivity contribution < 1.29 is 27.1 Å². The third-order valence-electron chi connectivity index (χ3n) is 3.68. The molecule has 0 fully saturated rings. The molecule has 1 aromatic carbocycles. The Morgan fingerprint density at radius 3 is 2.29 bits per heavy atom. The summed E-state index contributed by atoms with van der Waals surface area (Å²) in [5.41, 5.74) is -4.28. The summed E-state index contributed by atoms with van der Waals surface area (Å²) in [4.78, 5) is 23.9. The second-order valence-electron chi connectivity index (χ2n) is 5.48. The van der Waals surface area contributed by atoms with Gasteiger partial charge in [-0.05, 0) is 13.8 Å². The fourth-order valence-corrected chi connectivity index (χ4v) is 2.49. The lowest BCUT2D eigenvalue weighted by atomic mass is 9.98. The van der Waals surface area contributed by atoms with Crippen LogP contribution in [0.3, 0.4) is 0 Å². The molecule has 0 spiro atoms. The van der Waals surface area contributed by atoms with Crippen molar-refractivity contribution in [2.24, 2.45) is 0 Å². The van der Waals surface area contributed by atoms with Crippen LogP contribution in [0.25, 0.3) is 0 Å². The molecule has 0 saturated carbocycles. The van der Waals surface area contributed by atoms with Gasteiger partial charge in [0.25, 0.3) is 5.91 Å². The van der Waals surface area contributed by atoms with Crippen LogP contribution in [0.5, 0.6) is 5.75 Å². The number of hydrogen-bond donors (Lipinski definition) is 1. The van der Waals surface area contributed by atoms with Gasteiger partial charge in [0.1, 0.15) is 11.5 Å². The average molecular weight is 339 g/mol. The topological polar surface area (TPSA) is 68.5 Å². The molecule has 1 aromatic heterocycles. The summed E-state index contributed by atoms with van der Waals surface area (Å²) in [5, 5.41) is 1.78. The van der Waals surface area contributed by atoms with Crippen LogP contribution in [0, 0.1) is 13.8 Å². The highest BCUT2D eigenvalue weighted by atomic mass is 19.4. The smallest absolute Gasteiger partial charge is 0.453 e. The fourth-order valence-electron chi connectivity index (χ4n) is 2.49. The van der Waals surface area contributed by atoms with Gasteiger partial charge in [0.15, 0.2) is 5.56 Å². The highest BCUT2D eigenvalue weighted by molar-refractivity contribution is 5.98. The number of carbonyl (C=O) groups is 1. The lowest BCUT2D eigenvalue weighted by Gasteiger charge is -2.39. The van der Waals surface area contributed by atoms with E-state index in [1.807, 2.05) is 0 Å². The Hall–Kier alpha value is -2.77. The normalized spacial score (nSPS) is 20.1. The number of aryl methyl sites for hydroxylation is 2. The predicted molar refractivity (Wildman–Crippen MR) is 76.7 cm³/mol. The zero-order chi connectivity index (χ0) is 17.7. The van der Waals surface area contributed by atoms with Gasteiger partial charge in [-0.3, -0.25) is 4.79 Å². The van der Waals surface area contributed by atoms with E-state index in [2.05, 4.69) is 0 Å². The minimum Gasteiger partial charge on any atom is -0.453 e. The molecule has 0 saturated heterocycles. The van der Waals surface area contributed by atoms with Crippen molar-refractivity contribution >= 4 is 5.91 Å². The van der Waals surface area contributed by atoms with Gasteiger partial charge in [0.05, 0.1) is 0 Å². The van der Waals surface area contributed by atoms with Crippen molar-refractivity contribution in [3.63, 3.8) is 0 Å². The standard InChI is InChI=1S/C16H12F3NO4/c1-8-3-5-10(6-4-8)15(16(17,18)19)20-13(21)12-11(24-15)7-9(2)23-14(12)22/h3-7H,1-2H3,(H,20,21). The molecule has 5 nitrogen and oxygen atoms in total. The van der Waals surface area contributed by atoms with Crippen LogP contribution >= 0.6 is 0 Å². The van der Waals surface area contributed by atoms with Gasteiger partial charge in [0, 0.05) is 11.6 Å². The number of ether oxygens (including phenoxy) is 1. The Kier molecular flexibility index (Phi) is 3.43. The largest absolute Gasteiger partial charge is 0.453 e. The van der Waals surface area contributed by atoms with E-state index in [1.165, 1.54) is 31.2 Å². The number of alkyl halides is 3. The monoisotopic (exact) mass is 339 g/mol. The first kappa shape index (κ1) is 16.1. The van der Waals surface area contributed by atoms with Gasteiger partial charge in [0.2, 0.25) is 0 Å². The Bertz CT molecular complexity index is 870. The number of nitrogens with one attached hydrogen (secondary N) is 1.